The number of nitrogens with one attached hydrogen (secondary N) is 3. The Hall–Kier alpha value is -2.19. The minimum Gasteiger partial charge on any atom is -0.308 e. The zero-order chi connectivity index (χ0) is 14.9. The molecule has 3 rings (SSSR count). The lowest BCUT2D eigenvalue weighted by atomic mass is 10.1. The second kappa shape index (κ2) is 5.30. The van der Waals surface area contributed by atoms with E-state index in [1.165, 1.54) is 0 Å². The lowest BCUT2D eigenvalue weighted by Gasteiger charge is -2.07. The molecule has 21 heavy (non-hydrogen) atoms. The Morgan fingerprint density at radius 3 is 2.71 bits per heavy atom. The van der Waals surface area contributed by atoms with Crippen molar-refractivity contribution in [1.29, 1.82) is 0 Å². The molecular formula is C13H14N4O3S. The zero-order valence-corrected chi connectivity index (χ0v) is 11.9. The molecule has 1 unspecified atom stereocenters. The number of rotatable bonds is 3. The van der Waals surface area contributed by atoms with Crippen LogP contribution < -0.4 is 10.0 Å². The van der Waals surface area contributed by atoms with Crippen LogP contribution in [0.25, 0.3) is 11.3 Å². The van der Waals surface area contributed by atoms with Crippen LogP contribution in [0.3, 0.4) is 0 Å². The highest BCUT2D eigenvalue weighted by Gasteiger charge is 2.32. The molecule has 3 N–H and O–H groups in total. The van der Waals surface area contributed by atoms with E-state index in [-0.39, 0.29) is 12.2 Å². The molecule has 1 fully saturated rings. The van der Waals surface area contributed by atoms with E-state index in [4.69, 9.17) is 0 Å². The Kier molecular flexibility index (Phi) is 3.48. The summed E-state index contributed by atoms with van der Waals surface area (Å²) in [6, 6.07) is 10.5. The second-order valence-corrected chi connectivity index (χ2v) is 6.67. The third-order valence-electron chi connectivity index (χ3n) is 3.23. The van der Waals surface area contributed by atoms with Crippen LogP contribution in [0.15, 0.2) is 36.4 Å². The molecule has 0 radical (unpaired) electrons. The van der Waals surface area contributed by atoms with E-state index in [9.17, 15) is 13.2 Å². The third kappa shape index (κ3) is 3.11. The molecule has 1 saturated heterocycles. The molecule has 0 aliphatic carbocycles. The van der Waals surface area contributed by atoms with Crippen LogP contribution in [0.4, 0.5) is 5.82 Å². The van der Waals surface area contributed by atoms with Gasteiger partial charge >= 0.3 is 0 Å². The van der Waals surface area contributed by atoms with Gasteiger partial charge in [-0.25, -0.2) is 13.1 Å². The standard InChI is InChI=1S/C13H14N4O3S/c18-13(10-6-7-21(19,20)17-10)14-12-8-11(15-16-12)9-4-2-1-3-5-9/h1-5,8,10,17H,6-7H2,(H2,14,15,16,18). The molecule has 1 aliphatic heterocycles. The van der Waals surface area contributed by atoms with Crippen LogP contribution in [-0.2, 0) is 14.8 Å². The highest BCUT2D eigenvalue weighted by Crippen LogP contribution is 2.19. The van der Waals surface area contributed by atoms with Gasteiger partial charge in [-0.15, -0.1) is 0 Å². The van der Waals surface area contributed by atoms with Crippen LogP contribution in [0.2, 0.25) is 0 Å². The third-order valence-corrected chi connectivity index (χ3v) is 4.64. The average molecular weight is 306 g/mol. The van der Waals surface area contributed by atoms with Gasteiger partial charge in [-0.3, -0.25) is 9.89 Å². The number of amides is 1. The number of anilines is 1. The Morgan fingerprint density at radius 2 is 2.05 bits per heavy atom. The SMILES string of the molecule is O=C(Nc1cc(-c2ccccc2)[nH]n1)C1CCS(=O)(=O)N1. The predicted molar refractivity (Wildman–Crippen MR) is 78.0 cm³/mol. The van der Waals surface area contributed by atoms with Crippen LogP contribution >= 0.6 is 0 Å². The summed E-state index contributed by atoms with van der Waals surface area (Å²) in [4.78, 5) is 12.0. The van der Waals surface area contributed by atoms with Crippen molar-refractivity contribution >= 4 is 21.7 Å². The molecule has 0 bridgehead atoms. The largest absolute Gasteiger partial charge is 0.308 e. The maximum Gasteiger partial charge on any atom is 0.243 e. The molecule has 7 nitrogen and oxygen atoms in total. The van der Waals surface area contributed by atoms with E-state index in [0.717, 1.165) is 11.3 Å². The summed E-state index contributed by atoms with van der Waals surface area (Å²) >= 11 is 0. The maximum absolute atomic E-state index is 12.0. The van der Waals surface area contributed by atoms with Gasteiger partial charge in [-0.1, -0.05) is 30.3 Å². The minimum atomic E-state index is -3.31. The van der Waals surface area contributed by atoms with Crippen molar-refractivity contribution in [3.05, 3.63) is 36.4 Å². The molecule has 8 heteroatoms. The Balaban J connectivity index is 1.69. The average Bonchev–Trinajstić information content (AvgIpc) is 3.06. The zero-order valence-electron chi connectivity index (χ0n) is 11.0. The Bertz CT molecular complexity index is 755. The number of hydrogen-bond donors (Lipinski definition) is 3. The van der Waals surface area contributed by atoms with E-state index in [1.54, 1.807) is 6.07 Å². The number of H-pyrrole nitrogens is 1. The van der Waals surface area contributed by atoms with E-state index >= 15 is 0 Å². The second-order valence-electron chi connectivity index (χ2n) is 4.80. The van der Waals surface area contributed by atoms with Crippen molar-refractivity contribution in [3.63, 3.8) is 0 Å². The molecular weight excluding hydrogens is 292 g/mol. The van der Waals surface area contributed by atoms with Gasteiger partial charge in [0.2, 0.25) is 15.9 Å². The summed E-state index contributed by atoms with van der Waals surface area (Å²) in [5.74, 6) is -0.0619. The van der Waals surface area contributed by atoms with Crippen molar-refractivity contribution in [2.24, 2.45) is 0 Å². The molecule has 0 saturated carbocycles. The molecule has 2 heterocycles. The Labute approximate surface area is 121 Å². The van der Waals surface area contributed by atoms with Gasteiger partial charge in [0, 0.05) is 6.07 Å². The topological polar surface area (TPSA) is 104 Å². The number of sulfonamides is 1. The fourth-order valence-corrected chi connectivity index (χ4v) is 3.48. The van der Waals surface area contributed by atoms with E-state index < -0.39 is 22.0 Å². The van der Waals surface area contributed by atoms with Crippen molar-refractivity contribution in [2.75, 3.05) is 11.1 Å². The van der Waals surface area contributed by atoms with Gasteiger partial charge in [0.05, 0.1) is 11.4 Å². The van der Waals surface area contributed by atoms with Gasteiger partial charge in [-0.05, 0) is 12.0 Å². The molecule has 0 spiro atoms. The first-order valence-corrected chi connectivity index (χ1v) is 8.10. The first-order chi connectivity index (χ1) is 10.0. The lowest BCUT2D eigenvalue weighted by molar-refractivity contribution is -0.117. The van der Waals surface area contributed by atoms with Crippen molar-refractivity contribution < 1.29 is 13.2 Å². The number of carbonyl (C=O) groups excluding carboxylic acids is 1. The van der Waals surface area contributed by atoms with Gasteiger partial charge < -0.3 is 5.32 Å². The van der Waals surface area contributed by atoms with E-state index in [2.05, 4.69) is 20.2 Å². The number of aromatic nitrogens is 2. The van der Waals surface area contributed by atoms with Gasteiger partial charge in [0.1, 0.15) is 6.04 Å². The molecule has 2 aromatic rings. The Morgan fingerprint density at radius 1 is 1.29 bits per heavy atom. The fourth-order valence-electron chi connectivity index (χ4n) is 2.16. The van der Waals surface area contributed by atoms with Crippen molar-refractivity contribution in [2.45, 2.75) is 12.5 Å². The maximum atomic E-state index is 12.0. The first kappa shape index (κ1) is 13.8. The number of benzene rings is 1. The molecule has 1 aromatic carbocycles. The van der Waals surface area contributed by atoms with Crippen LogP contribution in [-0.4, -0.2) is 36.3 Å². The number of carbonyl (C=O) groups is 1. The lowest BCUT2D eigenvalue weighted by Crippen LogP contribution is -2.37. The van der Waals surface area contributed by atoms with Gasteiger partial charge in [0.15, 0.2) is 5.82 Å². The molecule has 1 atom stereocenters. The van der Waals surface area contributed by atoms with E-state index in [0.29, 0.717) is 5.82 Å². The smallest absolute Gasteiger partial charge is 0.243 e. The summed E-state index contributed by atoms with van der Waals surface area (Å²) in [6.07, 6.45) is 0.268. The summed E-state index contributed by atoms with van der Waals surface area (Å²) in [7, 11) is -3.31. The minimum absolute atomic E-state index is 0.0269. The van der Waals surface area contributed by atoms with Crippen LogP contribution in [0, 0.1) is 0 Å². The highest BCUT2D eigenvalue weighted by molar-refractivity contribution is 7.89. The van der Waals surface area contributed by atoms with E-state index in [1.807, 2.05) is 30.3 Å². The van der Waals surface area contributed by atoms with Crippen LogP contribution in [0.5, 0.6) is 0 Å². The number of nitrogens with zero attached hydrogens (tertiary/aromatic N) is 1. The normalized spacial score (nSPS) is 20.3. The first-order valence-electron chi connectivity index (χ1n) is 6.45. The fraction of sp³-hybridized carbons (Fsp3) is 0.231. The molecule has 1 aliphatic rings. The quantitative estimate of drug-likeness (QED) is 0.776. The van der Waals surface area contributed by atoms with Crippen molar-refractivity contribution in [3.8, 4) is 11.3 Å². The molecule has 1 amide bonds. The summed E-state index contributed by atoms with van der Waals surface area (Å²) in [6.45, 7) is 0. The van der Waals surface area contributed by atoms with Crippen LogP contribution in [0.1, 0.15) is 6.42 Å². The van der Waals surface area contributed by atoms with Gasteiger partial charge in [0.25, 0.3) is 0 Å². The monoisotopic (exact) mass is 306 g/mol. The summed E-state index contributed by atoms with van der Waals surface area (Å²) in [5, 5.41) is 9.44. The highest BCUT2D eigenvalue weighted by atomic mass is 32.2. The molecule has 110 valence electrons. The number of hydrogen-bond acceptors (Lipinski definition) is 4. The number of aromatic amines is 1. The predicted octanol–water partition coefficient (Wildman–Crippen LogP) is 0.707. The van der Waals surface area contributed by atoms with Gasteiger partial charge in [-0.2, -0.15) is 5.10 Å². The summed E-state index contributed by atoms with van der Waals surface area (Å²) < 4.78 is 24.9. The molecule has 1 aromatic heterocycles. The summed E-state index contributed by atoms with van der Waals surface area (Å²) in [5.41, 5.74) is 1.73. The van der Waals surface area contributed by atoms with Crippen molar-refractivity contribution in [1.82, 2.24) is 14.9 Å².